The monoisotopic (exact) mass is 370 g/mol. The summed E-state index contributed by atoms with van der Waals surface area (Å²) in [7, 11) is 0. The lowest BCUT2D eigenvalue weighted by molar-refractivity contribution is -0.142. The fourth-order valence-electron chi connectivity index (χ4n) is 3.63. The quantitative estimate of drug-likeness (QED) is 0.761. The van der Waals surface area contributed by atoms with E-state index in [0.29, 0.717) is 25.5 Å². The molecule has 1 amide bonds. The standard InChI is InChI=1S/C19H26N6O2/c1-13-11-18(24-23-13)22-17-7-4-6-14(21-17)16-12-25(9-10-27-16)19(26)15-5-2-3-8-20-15/h4,6-7,11,15-16,20H,2-3,5,8-10,12H2,1H3,(H2,21,22,23,24)/t15-,16-/m1/s1. The fraction of sp³-hybridized carbons (Fsp3) is 0.526. The van der Waals surface area contributed by atoms with Crippen LogP contribution in [0.15, 0.2) is 24.3 Å². The molecule has 8 heteroatoms. The number of hydrogen-bond donors (Lipinski definition) is 3. The Kier molecular flexibility index (Phi) is 5.35. The second-order valence-electron chi connectivity index (χ2n) is 7.16. The molecule has 2 aromatic rings. The summed E-state index contributed by atoms with van der Waals surface area (Å²) >= 11 is 0. The average molecular weight is 370 g/mol. The molecule has 2 aliphatic rings. The number of H-pyrrole nitrogens is 1. The number of nitrogens with zero attached hydrogens (tertiary/aromatic N) is 3. The number of carbonyl (C=O) groups is 1. The molecule has 0 spiro atoms. The first-order valence-electron chi connectivity index (χ1n) is 9.59. The lowest BCUT2D eigenvalue weighted by Gasteiger charge is -2.36. The Hall–Kier alpha value is -2.45. The Morgan fingerprint density at radius 3 is 3.04 bits per heavy atom. The molecule has 0 aromatic carbocycles. The maximum atomic E-state index is 12.8. The van der Waals surface area contributed by atoms with Gasteiger partial charge < -0.3 is 20.3 Å². The zero-order valence-electron chi connectivity index (χ0n) is 15.6. The van der Waals surface area contributed by atoms with Crippen LogP contribution in [0, 0.1) is 6.92 Å². The molecule has 27 heavy (non-hydrogen) atoms. The highest BCUT2D eigenvalue weighted by Crippen LogP contribution is 2.24. The van der Waals surface area contributed by atoms with Crippen molar-refractivity contribution in [2.45, 2.75) is 38.3 Å². The largest absolute Gasteiger partial charge is 0.368 e. The molecule has 2 atom stereocenters. The number of aromatic nitrogens is 3. The van der Waals surface area contributed by atoms with Crippen LogP contribution in [0.5, 0.6) is 0 Å². The van der Waals surface area contributed by atoms with E-state index >= 15 is 0 Å². The van der Waals surface area contributed by atoms with Gasteiger partial charge >= 0.3 is 0 Å². The highest BCUT2D eigenvalue weighted by molar-refractivity contribution is 5.82. The third-order valence-corrected chi connectivity index (χ3v) is 5.05. The summed E-state index contributed by atoms with van der Waals surface area (Å²) in [6.07, 6.45) is 2.96. The number of anilines is 2. The summed E-state index contributed by atoms with van der Waals surface area (Å²) in [6, 6.07) is 7.64. The molecule has 0 saturated carbocycles. The van der Waals surface area contributed by atoms with E-state index < -0.39 is 0 Å². The molecule has 8 nitrogen and oxygen atoms in total. The van der Waals surface area contributed by atoms with Crippen molar-refractivity contribution in [2.75, 3.05) is 31.6 Å². The first-order chi connectivity index (χ1) is 13.2. The van der Waals surface area contributed by atoms with Gasteiger partial charge in [-0.25, -0.2) is 4.98 Å². The summed E-state index contributed by atoms with van der Waals surface area (Å²) in [5.74, 6) is 1.62. The topological polar surface area (TPSA) is 95.2 Å². The summed E-state index contributed by atoms with van der Waals surface area (Å²) in [6.45, 7) is 4.57. The Morgan fingerprint density at radius 1 is 1.33 bits per heavy atom. The second-order valence-corrected chi connectivity index (χ2v) is 7.16. The second kappa shape index (κ2) is 8.06. The number of carbonyl (C=O) groups excluding carboxylic acids is 1. The molecule has 144 valence electrons. The van der Waals surface area contributed by atoms with E-state index in [1.165, 1.54) is 0 Å². The number of ether oxygens (including phenoxy) is 1. The number of aromatic amines is 1. The van der Waals surface area contributed by atoms with E-state index in [0.717, 1.165) is 43.0 Å². The van der Waals surface area contributed by atoms with Crippen LogP contribution in [0.25, 0.3) is 0 Å². The molecule has 0 radical (unpaired) electrons. The first kappa shape index (κ1) is 17.9. The minimum Gasteiger partial charge on any atom is -0.368 e. The van der Waals surface area contributed by atoms with Crippen LogP contribution < -0.4 is 10.6 Å². The molecule has 0 bridgehead atoms. The van der Waals surface area contributed by atoms with Crippen molar-refractivity contribution >= 4 is 17.5 Å². The first-order valence-corrected chi connectivity index (χ1v) is 9.59. The van der Waals surface area contributed by atoms with Gasteiger partial charge in [-0.3, -0.25) is 9.89 Å². The summed E-state index contributed by atoms with van der Waals surface area (Å²) in [4.78, 5) is 19.4. The van der Waals surface area contributed by atoms with Crippen LogP contribution in [0.4, 0.5) is 11.6 Å². The van der Waals surface area contributed by atoms with Gasteiger partial charge in [0.25, 0.3) is 0 Å². The lowest BCUT2D eigenvalue weighted by atomic mass is 10.0. The van der Waals surface area contributed by atoms with Crippen molar-refractivity contribution in [2.24, 2.45) is 0 Å². The highest BCUT2D eigenvalue weighted by atomic mass is 16.5. The predicted molar refractivity (Wildman–Crippen MR) is 102 cm³/mol. The smallest absolute Gasteiger partial charge is 0.239 e. The molecule has 2 aromatic heterocycles. The normalized spacial score (nSPS) is 23.2. The number of piperidine rings is 1. The predicted octanol–water partition coefficient (Wildman–Crippen LogP) is 1.90. The fourth-order valence-corrected chi connectivity index (χ4v) is 3.63. The van der Waals surface area contributed by atoms with Gasteiger partial charge in [-0.1, -0.05) is 12.5 Å². The summed E-state index contributed by atoms with van der Waals surface area (Å²) < 4.78 is 5.91. The average Bonchev–Trinajstić information content (AvgIpc) is 3.13. The van der Waals surface area contributed by atoms with Crippen molar-refractivity contribution < 1.29 is 9.53 Å². The van der Waals surface area contributed by atoms with Crippen molar-refractivity contribution in [3.05, 3.63) is 35.7 Å². The number of morpholine rings is 1. The molecule has 2 saturated heterocycles. The van der Waals surface area contributed by atoms with Crippen LogP contribution >= 0.6 is 0 Å². The van der Waals surface area contributed by atoms with Gasteiger partial charge in [-0.2, -0.15) is 5.10 Å². The Morgan fingerprint density at radius 2 is 2.26 bits per heavy atom. The Bertz CT molecular complexity index is 786. The van der Waals surface area contributed by atoms with E-state index in [-0.39, 0.29) is 18.1 Å². The third-order valence-electron chi connectivity index (χ3n) is 5.05. The minimum atomic E-state index is -0.214. The van der Waals surface area contributed by atoms with Gasteiger partial charge in [0.05, 0.1) is 24.9 Å². The summed E-state index contributed by atoms with van der Waals surface area (Å²) in [5, 5.41) is 13.6. The van der Waals surface area contributed by atoms with Crippen LogP contribution in [0.3, 0.4) is 0 Å². The summed E-state index contributed by atoms with van der Waals surface area (Å²) in [5.41, 5.74) is 1.80. The minimum absolute atomic E-state index is 0.0543. The molecule has 4 rings (SSSR count). The zero-order valence-corrected chi connectivity index (χ0v) is 15.6. The van der Waals surface area contributed by atoms with Crippen molar-refractivity contribution in [3.63, 3.8) is 0 Å². The molecule has 3 N–H and O–H groups in total. The van der Waals surface area contributed by atoms with Crippen LogP contribution in [-0.4, -0.2) is 58.3 Å². The number of hydrogen-bond acceptors (Lipinski definition) is 6. The Balaban J connectivity index is 1.43. The maximum Gasteiger partial charge on any atom is 0.239 e. The van der Waals surface area contributed by atoms with E-state index in [1.54, 1.807) is 0 Å². The maximum absolute atomic E-state index is 12.8. The van der Waals surface area contributed by atoms with Gasteiger partial charge in [-0.05, 0) is 38.4 Å². The van der Waals surface area contributed by atoms with Crippen molar-refractivity contribution in [1.29, 1.82) is 0 Å². The van der Waals surface area contributed by atoms with E-state index in [9.17, 15) is 4.79 Å². The van der Waals surface area contributed by atoms with Crippen LogP contribution in [0.2, 0.25) is 0 Å². The van der Waals surface area contributed by atoms with Gasteiger partial charge in [0.1, 0.15) is 11.9 Å². The number of amides is 1. The number of rotatable bonds is 4. The number of aryl methyl sites for hydroxylation is 1. The van der Waals surface area contributed by atoms with E-state index in [2.05, 4.69) is 25.8 Å². The van der Waals surface area contributed by atoms with E-state index in [4.69, 9.17) is 4.74 Å². The molecule has 2 aliphatic heterocycles. The SMILES string of the molecule is Cc1cc(Nc2cccc([C@H]3CN(C(=O)[C@H]4CCCCN4)CCO3)n2)n[nH]1. The highest BCUT2D eigenvalue weighted by Gasteiger charge is 2.31. The third kappa shape index (κ3) is 4.28. The number of nitrogens with one attached hydrogen (secondary N) is 3. The van der Waals surface area contributed by atoms with Gasteiger partial charge in [-0.15, -0.1) is 0 Å². The molecule has 0 unspecified atom stereocenters. The zero-order chi connectivity index (χ0) is 18.6. The molecule has 4 heterocycles. The van der Waals surface area contributed by atoms with E-state index in [1.807, 2.05) is 36.1 Å². The Labute approximate surface area is 158 Å². The van der Waals surface area contributed by atoms with Crippen molar-refractivity contribution in [1.82, 2.24) is 25.4 Å². The van der Waals surface area contributed by atoms with Crippen LogP contribution in [0.1, 0.15) is 36.8 Å². The van der Waals surface area contributed by atoms with Crippen LogP contribution in [-0.2, 0) is 9.53 Å². The molecular formula is C19H26N6O2. The molecular weight excluding hydrogens is 344 g/mol. The van der Waals surface area contributed by atoms with Gasteiger partial charge in [0.2, 0.25) is 5.91 Å². The molecule has 0 aliphatic carbocycles. The van der Waals surface area contributed by atoms with Gasteiger partial charge in [0, 0.05) is 18.3 Å². The van der Waals surface area contributed by atoms with Gasteiger partial charge in [0.15, 0.2) is 5.82 Å². The number of pyridine rings is 1. The van der Waals surface area contributed by atoms with Crippen molar-refractivity contribution in [3.8, 4) is 0 Å². The molecule has 2 fully saturated rings. The lowest BCUT2D eigenvalue weighted by Crippen LogP contribution is -2.52.